The molecule has 2 heterocycles. The van der Waals surface area contributed by atoms with Crippen molar-refractivity contribution in [1.29, 1.82) is 0 Å². The number of nitrogens with one attached hydrogen (secondary N) is 1. The van der Waals surface area contributed by atoms with E-state index in [0.717, 1.165) is 19.5 Å². The van der Waals surface area contributed by atoms with Gasteiger partial charge in [0.05, 0.1) is 11.6 Å². The number of methoxy groups -OCH3 is 1. The van der Waals surface area contributed by atoms with Gasteiger partial charge in [0.1, 0.15) is 4.88 Å². The lowest BCUT2D eigenvalue weighted by molar-refractivity contribution is 0.0684. The molecule has 6 heteroatoms. The molecule has 1 atom stereocenters. The highest BCUT2D eigenvalue weighted by molar-refractivity contribution is 7.12. The Morgan fingerprint density at radius 3 is 3.11 bits per heavy atom. The van der Waals surface area contributed by atoms with E-state index in [1.54, 1.807) is 13.2 Å². The van der Waals surface area contributed by atoms with Crippen LogP contribution in [0.4, 0.5) is 0 Å². The fourth-order valence-electron chi connectivity index (χ4n) is 2.25. The van der Waals surface area contributed by atoms with E-state index in [1.807, 2.05) is 10.3 Å². The topological polar surface area (TPSA) is 41.6 Å². The zero-order chi connectivity index (χ0) is 13.7. The Balaban J connectivity index is 2.03. The number of ether oxygens (including phenoxy) is 1. The number of carbonyl (C=O) groups excluding carboxylic acids is 1. The van der Waals surface area contributed by atoms with Gasteiger partial charge in [-0.25, -0.2) is 0 Å². The molecular weight excluding hydrogens is 284 g/mol. The highest BCUT2D eigenvalue weighted by Gasteiger charge is 2.24. The molecule has 1 aliphatic heterocycles. The molecule has 1 aliphatic rings. The van der Waals surface area contributed by atoms with Crippen LogP contribution < -0.4 is 5.32 Å². The highest BCUT2D eigenvalue weighted by atomic mass is 35.5. The van der Waals surface area contributed by atoms with Crippen LogP contribution >= 0.6 is 22.9 Å². The molecule has 0 bridgehead atoms. The predicted molar refractivity (Wildman–Crippen MR) is 78.1 cm³/mol. The lowest BCUT2D eigenvalue weighted by atomic mass is 10.2. The van der Waals surface area contributed by atoms with Gasteiger partial charge in [0, 0.05) is 26.2 Å². The summed E-state index contributed by atoms with van der Waals surface area (Å²) in [5.74, 6) is 0.00532. The zero-order valence-corrected chi connectivity index (χ0v) is 12.6. The Labute approximate surface area is 122 Å². The maximum atomic E-state index is 12.5. The molecule has 0 spiro atoms. The third-order valence-electron chi connectivity index (χ3n) is 3.27. The van der Waals surface area contributed by atoms with Crippen molar-refractivity contribution in [3.8, 4) is 0 Å². The molecular formula is C13H19ClN2O2S. The van der Waals surface area contributed by atoms with E-state index in [1.165, 1.54) is 17.8 Å². The fraction of sp³-hybridized carbons (Fsp3) is 0.615. The first-order chi connectivity index (χ1) is 9.22. The van der Waals surface area contributed by atoms with Crippen LogP contribution in [0.1, 0.15) is 22.5 Å². The highest BCUT2D eigenvalue weighted by Crippen LogP contribution is 2.24. The summed E-state index contributed by atoms with van der Waals surface area (Å²) in [4.78, 5) is 14.9. The minimum Gasteiger partial charge on any atom is -0.383 e. The molecule has 106 valence electrons. The smallest absolute Gasteiger partial charge is 0.265 e. The molecule has 1 N–H and O–H groups in total. The summed E-state index contributed by atoms with van der Waals surface area (Å²) >= 11 is 7.44. The van der Waals surface area contributed by atoms with Crippen molar-refractivity contribution in [2.75, 3.05) is 33.4 Å². The van der Waals surface area contributed by atoms with Crippen LogP contribution in [-0.4, -0.2) is 50.2 Å². The average molecular weight is 303 g/mol. The summed E-state index contributed by atoms with van der Waals surface area (Å²) in [6, 6.07) is 2.15. The Hall–Kier alpha value is -0.620. The summed E-state index contributed by atoms with van der Waals surface area (Å²) in [6.07, 6.45) is 2.30. The summed E-state index contributed by atoms with van der Waals surface area (Å²) in [6.45, 7) is 2.90. The second kappa shape index (κ2) is 7.24. The van der Waals surface area contributed by atoms with Crippen LogP contribution in [0.3, 0.4) is 0 Å². The number of hydrogen-bond acceptors (Lipinski definition) is 4. The van der Waals surface area contributed by atoms with Gasteiger partial charge in [-0.05, 0) is 30.8 Å². The van der Waals surface area contributed by atoms with Crippen molar-refractivity contribution in [2.24, 2.45) is 0 Å². The average Bonchev–Trinajstić information content (AvgIpc) is 3.05. The molecule has 4 nitrogen and oxygen atoms in total. The Morgan fingerprint density at radius 1 is 1.68 bits per heavy atom. The third-order valence-corrected chi connectivity index (χ3v) is 4.60. The minimum absolute atomic E-state index is 0.00532. The number of hydrogen-bond donors (Lipinski definition) is 1. The lowest BCUT2D eigenvalue weighted by Gasteiger charge is -2.25. The maximum absolute atomic E-state index is 12.5. The number of rotatable bonds is 6. The molecule has 0 radical (unpaired) electrons. The normalized spacial score (nSPS) is 18.7. The van der Waals surface area contributed by atoms with E-state index >= 15 is 0 Å². The number of amides is 1. The van der Waals surface area contributed by atoms with E-state index in [-0.39, 0.29) is 5.91 Å². The van der Waals surface area contributed by atoms with Crippen LogP contribution in [0, 0.1) is 0 Å². The summed E-state index contributed by atoms with van der Waals surface area (Å²) in [7, 11) is 1.65. The van der Waals surface area contributed by atoms with Crippen molar-refractivity contribution in [3.63, 3.8) is 0 Å². The fourth-order valence-corrected chi connectivity index (χ4v) is 3.35. The number of carbonyl (C=O) groups is 1. The van der Waals surface area contributed by atoms with Crippen LogP contribution in [0.2, 0.25) is 5.02 Å². The van der Waals surface area contributed by atoms with Gasteiger partial charge in [0.25, 0.3) is 5.91 Å². The Kier molecular flexibility index (Phi) is 5.63. The Morgan fingerprint density at radius 2 is 2.53 bits per heavy atom. The van der Waals surface area contributed by atoms with Gasteiger partial charge < -0.3 is 15.0 Å². The van der Waals surface area contributed by atoms with Gasteiger partial charge in [0.2, 0.25) is 0 Å². The molecule has 0 aromatic carbocycles. The van der Waals surface area contributed by atoms with Gasteiger partial charge >= 0.3 is 0 Å². The zero-order valence-electron chi connectivity index (χ0n) is 11.0. The molecule has 2 rings (SSSR count). The molecule has 19 heavy (non-hydrogen) atoms. The van der Waals surface area contributed by atoms with Gasteiger partial charge in [0.15, 0.2) is 0 Å². The first-order valence-corrected chi connectivity index (χ1v) is 7.72. The minimum atomic E-state index is 0.00532. The second-order valence-electron chi connectivity index (χ2n) is 4.63. The molecule has 1 unspecified atom stereocenters. The van der Waals surface area contributed by atoms with Crippen molar-refractivity contribution >= 4 is 28.8 Å². The Bertz CT molecular complexity index is 419. The first kappa shape index (κ1) is 14.8. The maximum Gasteiger partial charge on any atom is 0.265 e. The van der Waals surface area contributed by atoms with E-state index in [2.05, 4.69) is 5.32 Å². The van der Waals surface area contributed by atoms with Crippen LogP contribution in [0.25, 0.3) is 0 Å². The summed E-state index contributed by atoms with van der Waals surface area (Å²) in [5.41, 5.74) is 0. The quantitative estimate of drug-likeness (QED) is 0.876. The number of thiophene rings is 1. The molecule has 1 aromatic heterocycles. The molecule has 1 saturated heterocycles. The monoisotopic (exact) mass is 302 g/mol. The molecule has 1 aromatic rings. The van der Waals surface area contributed by atoms with E-state index in [9.17, 15) is 4.79 Å². The van der Waals surface area contributed by atoms with Crippen LogP contribution in [-0.2, 0) is 4.74 Å². The number of nitrogens with zero attached hydrogens (tertiary/aromatic N) is 1. The van der Waals surface area contributed by atoms with E-state index in [4.69, 9.17) is 16.3 Å². The van der Waals surface area contributed by atoms with Crippen molar-refractivity contribution in [3.05, 3.63) is 21.3 Å². The van der Waals surface area contributed by atoms with Gasteiger partial charge in [-0.3, -0.25) is 4.79 Å². The summed E-state index contributed by atoms with van der Waals surface area (Å²) in [5, 5.41) is 5.80. The largest absolute Gasteiger partial charge is 0.383 e. The third kappa shape index (κ3) is 3.92. The second-order valence-corrected chi connectivity index (χ2v) is 5.96. The SMILES string of the molecule is COCCN(CC1CCCN1)C(=O)c1sccc1Cl. The van der Waals surface area contributed by atoms with Crippen LogP contribution in [0.15, 0.2) is 11.4 Å². The van der Waals surface area contributed by atoms with Gasteiger partial charge in [-0.2, -0.15) is 0 Å². The standard InChI is InChI=1S/C13H19ClN2O2S/c1-18-7-6-16(9-10-3-2-5-15-10)13(17)12-11(14)4-8-19-12/h4,8,10,15H,2-3,5-7,9H2,1H3. The summed E-state index contributed by atoms with van der Waals surface area (Å²) < 4.78 is 5.09. The van der Waals surface area contributed by atoms with Gasteiger partial charge in [-0.1, -0.05) is 11.6 Å². The van der Waals surface area contributed by atoms with Crippen molar-refractivity contribution in [1.82, 2.24) is 10.2 Å². The van der Waals surface area contributed by atoms with E-state index in [0.29, 0.717) is 29.1 Å². The molecule has 1 fully saturated rings. The molecule has 1 amide bonds. The molecule has 0 aliphatic carbocycles. The predicted octanol–water partition coefficient (Wildman–Crippen LogP) is 2.24. The van der Waals surface area contributed by atoms with Crippen LogP contribution in [0.5, 0.6) is 0 Å². The van der Waals surface area contributed by atoms with E-state index < -0.39 is 0 Å². The lowest BCUT2D eigenvalue weighted by Crippen LogP contribution is -2.42. The van der Waals surface area contributed by atoms with Crippen molar-refractivity contribution in [2.45, 2.75) is 18.9 Å². The number of halogens is 1. The van der Waals surface area contributed by atoms with Crippen molar-refractivity contribution < 1.29 is 9.53 Å². The molecule has 0 saturated carbocycles. The first-order valence-electron chi connectivity index (χ1n) is 6.47. The van der Waals surface area contributed by atoms with Gasteiger partial charge in [-0.15, -0.1) is 11.3 Å².